The van der Waals surface area contributed by atoms with E-state index in [1.54, 1.807) is 12.3 Å². The Morgan fingerprint density at radius 1 is 1.77 bits per heavy atom. The molecule has 0 aliphatic carbocycles. The van der Waals surface area contributed by atoms with Gasteiger partial charge >= 0.3 is 0 Å². The minimum Gasteiger partial charge on any atom is -0.311 e. The molecule has 1 aliphatic rings. The molecule has 5 heteroatoms. The standard InChI is InChI=1S/C8H11N3OS/c12-8(6-2-4-13-5-6)10-7-1-3-9-11-7/h1,3,6H,2,4-5H2,(H2,9,10,11,12). The van der Waals surface area contributed by atoms with E-state index in [0.717, 1.165) is 17.9 Å². The predicted molar refractivity (Wildman–Crippen MR) is 52.6 cm³/mol. The zero-order valence-electron chi connectivity index (χ0n) is 7.12. The average Bonchev–Trinajstić information content (AvgIpc) is 2.74. The number of carbonyl (C=O) groups excluding carboxylic acids is 1. The Labute approximate surface area is 80.5 Å². The second-order valence-corrected chi connectivity index (χ2v) is 4.17. The first-order valence-corrected chi connectivity index (χ1v) is 5.40. The highest BCUT2D eigenvalue weighted by atomic mass is 32.2. The van der Waals surface area contributed by atoms with Crippen LogP contribution >= 0.6 is 11.8 Å². The van der Waals surface area contributed by atoms with E-state index < -0.39 is 0 Å². The van der Waals surface area contributed by atoms with E-state index in [1.807, 2.05) is 11.8 Å². The summed E-state index contributed by atoms with van der Waals surface area (Å²) in [6, 6.07) is 1.75. The lowest BCUT2D eigenvalue weighted by Gasteiger charge is -2.06. The van der Waals surface area contributed by atoms with Crippen LogP contribution in [0.2, 0.25) is 0 Å². The third-order valence-corrected chi connectivity index (χ3v) is 3.22. The van der Waals surface area contributed by atoms with Crippen molar-refractivity contribution in [2.45, 2.75) is 6.42 Å². The van der Waals surface area contributed by atoms with Crippen molar-refractivity contribution >= 4 is 23.5 Å². The fourth-order valence-corrected chi connectivity index (χ4v) is 2.52. The normalized spacial score (nSPS) is 21.7. The molecule has 13 heavy (non-hydrogen) atoms. The lowest BCUT2D eigenvalue weighted by atomic mass is 10.1. The van der Waals surface area contributed by atoms with Gasteiger partial charge in [0, 0.05) is 17.7 Å². The number of H-pyrrole nitrogens is 1. The van der Waals surface area contributed by atoms with Gasteiger partial charge in [-0.15, -0.1) is 0 Å². The maximum atomic E-state index is 11.5. The van der Waals surface area contributed by atoms with Crippen molar-refractivity contribution in [1.29, 1.82) is 0 Å². The first-order chi connectivity index (χ1) is 6.36. The number of nitrogens with one attached hydrogen (secondary N) is 2. The van der Waals surface area contributed by atoms with Crippen molar-refractivity contribution in [2.75, 3.05) is 16.8 Å². The predicted octanol–water partition coefficient (Wildman–Crippen LogP) is 1.10. The molecule has 1 aromatic heterocycles. The maximum absolute atomic E-state index is 11.5. The number of hydrogen-bond acceptors (Lipinski definition) is 3. The second kappa shape index (κ2) is 3.83. The fraction of sp³-hybridized carbons (Fsp3) is 0.500. The quantitative estimate of drug-likeness (QED) is 0.746. The summed E-state index contributed by atoms with van der Waals surface area (Å²) in [5.74, 6) is 3.01. The lowest BCUT2D eigenvalue weighted by molar-refractivity contribution is -0.119. The number of hydrogen-bond donors (Lipinski definition) is 2. The van der Waals surface area contributed by atoms with Gasteiger partial charge in [-0.2, -0.15) is 16.9 Å². The van der Waals surface area contributed by atoms with Crippen LogP contribution in [0, 0.1) is 5.92 Å². The number of rotatable bonds is 2. The van der Waals surface area contributed by atoms with Gasteiger partial charge in [0.15, 0.2) is 0 Å². The molecular formula is C8H11N3OS. The van der Waals surface area contributed by atoms with Crippen molar-refractivity contribution in [3.05, 3.63) is 12.3 Å². The summed E-state index contributed by atoms with van der Waals surface area (Å²) in [6.45, 7) is 0. The Bertz CT molecular complexity index is 280. The van der Waals surface area contributed by atoms with Crippen LogP contribution in [0.1, 0.15) is 6.42 Å². The van der Waals surface area contributed by atoms with E-state index in [4.69, 9.17) is 0 Å². The molecule has 2 rings (SSSR count). The molecule has 0 radical (unpaired) electrons. The Kier molecular flexibility index (Phi) is 2.54. The molecule has 4 nitrogen and oxygen atoms in total. The third kappa shape index (κ3) is 2.03. The monoisotopic (exact) mass is 197 g/mol. The zero-order valence-corrected chi connectivity index (χ0v) is 7.93. The van der Waals surface area contributed by atoms with Crippen LogP contribution in [-0.4, -0.2) is 27.6 Å². The van der Waals surface area contributed by atoms with E-state index >= 15 is 0 Å². The molecule has 1 amide bonds. The van der Waals surface area contributed by atoms with E-state index in [1.165, 1.54) is 0 Å². The lowest BCUT2D eigenvalue weighted by Crippen LogP contribution is -2.22. The van der Waals surface area contributed by atoms with Gasteiger partial charge in [0.05, 0.1) is 6.20 Å². The molecule has 2 N–H and O–H groups in total. The van der Waals surface area contributed by atoms with Crippen LogP contribution < -0.4 is 5.32 Å². The van der Waals surface area contributed by atoms with Gasteiger partial charge in [-0.3, -0.25) is 9.89 Å². The molecule has 1 aromatic rings. The first-order valence-electron chi connectivity index (χ1n) is 4.24. The SMILES string of the molecule is O=C(Nc1ccn[nH]1)C1CCSC1. The Hall–Kier alpha value is -0.970. The van der Waals surface area contributed by atoms with Crippen LogP contribution in [0.25, 0.3) is 0 Å². The summed E-state index contributed by atoms with van der Waals surface area (Å²) in [7, 11) is 0. The Morgan fingerprint density at radius 2 is 2.69 bits per heavy atom. The molecule has 0 saturated carbocycles. The minimum absolute atomic E-state index is 0.106. The molecule has 2 heterocycles. The zero-order chi connectivity index (χ0) is 9.10. The maximum Gasteiger partial charge on any atom is 0.229 e. The molecule has 1 fully saturated rings. The topological polar surface area (TPSA) is 57.8 Å². The molecule has 0 bridgehead atoms. The highest BCUT2D eigenvalue weighted by Gasteiger charge is 2.23. The molecule has 1 saturated heterocycles. The van der Waals surface area contributed by atoms with E-state index in [-0.39, 0.29) is 11.8 Å². The van der Waals surface area contributed by atoms with Gasteiger partial charge in [0.2, 0.25) is 5.91 Å². The Morgan fingerprint density at radius 3 is 3.31 bits per heavy atom. The number of carbonyl (C=O) groups is 1. The van der Waals surface area contributed by atoms with Crippen molar-refractivity contribution in [2.24, 2.45) is 5.92 Å². The molecular weight excluding hydrogens is 186 g/mol. The Balaban J connectivity index is 1.91. The van der Waals surface area contributed by atoms with Gasteiger partial charge in [0.1, 0.15) is 5.82 Å². The third-order valence-electron chi connectivity index (χ3n) is 2.06. The van der Waals surface area contributed by atoms with Crippen molar-refractivity contribution < 1.29 is 4.79 Å². The van der Waals surface area contributed by atoms with Gasteiger partial charge in [-0.05, 0) is 12.2 Å². The number of nitrogens with zero attached hydrogens (tertiary/aromatic N) is 1. The average molecular weight is 197 g/mol. The van der Waals surface area contributed by atoms with Gasteiger partial charge in [-0.1, -0.05) is 0 Å². The van der Waals surface area contributed by atoms with Crippen LogP contribution in [0.15, 0.2) is 12.3 Å². The molecule has 1 unspecified atom stereocenters. The summed E-state index contributed by atoms with van der Waals surface area (Å²) in [5, 5.41) is 9.25. The van der Waals surface area contributed by atoms with Gasteiger partial charge < -0.3 is 5.32 Å². The van der Waals surface area contributed by atoms with Crippen molar-refractivity contribution in [3.63, 3.8) is 0 Å². The molecule has 70 valence electrons. The molecule has 1 aliphatic heterocycles. The summed E-state index contributed by atoms with van der Waals surface area (Å²) < 4.78 is 0. The first kappa shape index (κ1) is 8.62. The van der Waals surface area contributed by atoms with Crippen molar-refractivity contribution in [3.8, 4) is 0 Å². The fourth-order valence-electron chi connectivity index (χ4n) is 1.30. The molecule has 0 spiro atoms. The van der Waals surface area contributed by atoms with Crippen LogP contribution in [0.4, 0.5) is 5.82 Å². The number of aromatic nitrogens is 2. The van der Waals surface area contributed by atoms with E-state index in [9.17, 15) is 4.79 Å². The summed E-state index contributed by atoms with van der Waals surface area (Å²) in [5.41, 5.74) is 0. The molecule has 0 aromatic carbocycles. The summed E-state index contributed by atoms with van der Waals surface area (Å²) in [6.07, 6.45) is 2.61. The summed E-state index contributed by atoms with van der Waals surface area (Å²) >= 11 is 1.84. The highest BCUT2D eigenvalue weighted by Crippen LogP contribution is 2.24. The van der Waals surface area contributed by atoms with Gasteiger partial charge in [0.25, 0.3) is 0 Å². The smallest absolute Gasteiger partial charge is 0.229 e. The largest absolute Gasteiger partial charge is 0.311 e. The number of thioether (sulfide) groups is 1. The van der Waals surface area contributed by atoms with Gasteiger partial charge in [-0.25, -0.2) is 0 Å². The van der Waals surface area contributed by atoms with Crippen molar-refractivity contribution in [1.82, 2.24) is 10.2 Å². The minimum atomic E-state index is 0.106. The number of aromatic amines is 1. The highest BCUT2D eigenvalue weighted by molar-refractivity contribution is 7.99. The number of amides is 1. The van der Waals surface area contributed by atoms with Crippen LogP contribution in [0.3, 0.4) is 0 Å². The number of anilines is 1. The van der Waals surface area contributed by atoms with Crippen LogP contribution in [0.5, 0.6) is 0 Å². The van der Waals surface area contributed by atoms with E-state index in [2.05, 4.69) is 15.5 Å². The summed E-state index contributed by atoms with van der Waals surface area (Å²) in [4.78, 5) is 11.5. The van der Waals surface area contributed by atoms with E-state index in [0.29, 0.717) is 5.82 Å². The van der Waals surface area contributed by atoms with Crippen LogP contribution in [-0.2, 0) is 4.79 Å². The molecule has 1 atom stereocenters. The second-order valence-electron chi connectivity index (χ2n) is 3.02.